The van der Waals surface area contributed by atoms with Crippen molar-refractivity contribution in [1.29, 1.82) is 0 Å². The van der Waals surface area contributed by atoms with Gasteiger partial charge < -0.3 is 24.4 Å². The van der Waals surface area contributed by atoms with Gasteiger partial charge in [0.05, 0.1) is 24.8 Å². The molecule has 1 heterocycles. The maximum atomic E-state index is 13.6. The highest BCUT2D eigenvalue weighted by atomic mass is 16.5. The van der Waals surface area contributed by atoms with E-state index in [0.29, 0.717) is 24.5 Å². The minimum atomic E-state index is -0.772. The van der Waals surface area contributed by atoms with Gasteiger partial charge in [-0.15, -0.1) is 0 Å². The molecule has 7 heteroatoms. The molecule has 0 aromatic heterocycles. The van der Waals surface area contributed by atoms with Crippen molar-refractivity contribution in [3.8, 4) is 11.5 Å². The summed E-state index contributed by atoms with van der Waals surface area (Å²) in [5.41, 5.74) is 3.69. The van der Waals surface area contributed by atoms with E-state index in [9.17, 15) is 14.7 Å². The van der Waals surface area contributed by atoms with Crippen LogP contribution in [0, 0.1) is 0 Å². The number of benzene rings is 3. The summed E-state index contributed by atoms with van der Waals surface area (Å²) in [4.78, 5) is 30.7. The fraction of sp³-hybridized carbons (Fsp3) is 0.353. The predicted molar refractivity (Wildman–Crippen MR) is 163 cm³/mol. The summed E-state index contributed by atoms with van der Waals surface area (Å²) >= 11 is 0. The summed E-state index contributed by atoms with van der Waals surface area (Å²) in [5, 5.41) is 11.7. The number of anilines is 1. The highest BCUT2D eigenvalue weighted by molar-refractivity contribution is 6.46. The summed E-state index contributed by atoms with van der Waals surface area (Å²) in [5.74, 6) is -0.155. The van der Waals surface area contributed by atoms with Crippen molar-refractivity contribution in [3.05, 3.63) is 94.6 Å². The maximum Gasteiger partial charge on any atom is 0.295 e. The van der Waals surface area contributed by atoms with Crippen LogP contribution in [0.25, 0.3) is 5.76 Å². The van der Waals surface area contributed by atoms with E-state index in [4.69, 9.17) is 9.47 Å². The SMILES string of the molecule is CCOc1cccc(CN2C(=O)C(=O)/C(=C(\O)c3ccc(OCC)c(C(C)(C)C)c3)C2c2ccc(N(C)C)cc2)c1. The van der Waals surface area contributed by atoms with Crippen LogP contribution < -0.4 is 14.4 Å². The number of carbonyl (C=O) groups excluding carboxylic acids is 2. The number of hydrogen-bond donors (Lipinski definition) is 1. The molecular weight excluding hydrogens is 516 g/mol. The Morgan fingerprint density at radius 1 is 0.927 bits per heavy atom. The molecule has 7 nitrogen and oxygen atoms in total. The number of amides is 1. The molecule has 1 unspecified atom stereocenters. The van der Waals surface area contributed by atoms with E-state index < -0.39 is 17.7 Å². The molecule has 1 N–H and O–H groups in total. The largest absolute Gasteiger partial charge is 0.507 e. The number of likely N-dealkylation sites (tertiary alicyclic amines) is 1. The summed E-state index contributed by atoms with van der Waals surface area (Å²) in [6.45, 7) is 11.2. The average molecular weight is 557 g/mol. The third kappa shape index (κ3) is 6.24. The predicted octanol–water partition coefficient (Wildman–Crippen LogP) is 6.47. The van der Waals surface area contributed by atoms with Gasteiger partial charge in [-0.3, -0.25) is 9.59 Å². The van der Waals surface area contributed by atoms with Gasteiger partial charge in [0.1, 0.15) is 17.3 Å². The Balaban J connectivity index is 1.87. The minimum Gasteiger partial charge on any atom is -0.507 e. The molecule has 0 saturated carbocycles. The number of aliphatic hydroxyl groups is 1. The lowest BCUT2D eigenvalue weighted by Crippen LogP contribution is -2.29. The molecule has 1 amide bonds. The number of aliphatic hydroxyl groups excluding tert-OH is 1. The standard InChI is InChI=1S/C34H40N2O5/c1-8-40-26-12-10-11-22(19-26)21-36-30(23-13-16-25(17-14-23)35(6)7)29(32(38)33(36)39)31(37)24-15-18-28(41-9-2)27(20-24)34(3,4)5/h10-20,30,37H,8-9,21H2,1-7H3/b31-29-. The van der Waals surface area contributed by atoms with Crippen molar-refractivity contribution in [2.75, 3.05) is 32.2 Å². The molecule has 1 aliphatic rings. The van der Waals surface area contributed by atoms with E-state index in [-0.39, 0.29) is 23.3 Å². The maximum absolute atomic E-state index is 13.6. The van der Waals surface area contributed by atoms with Gasteiger partial charge in [0.15, 0.2) is 0 Å². The molecule has 4 rings (SSSR count). The zero-order valence-corrected chi connectivity index (χ0v) is 25.0. The fourth-order valence-corrected chi connectivity index (χ4v) is 5.14. The highest BCUT2D eigenvalue weighted by Gasteiger charge is 2.46. The van der Waals surface area contributed by atoms with Crippen LogP contribution in [-0.2, 0) is 21.5 Å². The Labute approximate surface area is 243 Å². The Morgan fingerprint density at radius 2 is 1.61 bits per heavy atom. The lowest BCUT2D eigenvalue weighted by Gasteiger charge is -2.26. The van der Waals surface area contributed by atoms with Crippen molar-refractivity contribution in [3.63, 3.8) is 0 Å². The Kier molecular flexibility index (Phi) is 8.76. The molecule has 0 aliphatic carbocycles. The van der Waals surface area contributed by atoms with Crippen molar-refractivity contribution in [2.24, 2.45) is 0 Å². The Bertz CT molecular complexity index is 1450. The van der Waals surface area contributed by atoms with Crippen molar-refractivity contribution in [1.82, 2.24) is 4.90 Å². The van der Waals surface area contributed by atoms with Crippen LogP contribution in [0.2, 0.25) is 0 Å². The third-order valence-corrected chi connectivity index (χ3v) is 7.19. The molecule has 0 spiro atoms. The number of ether oxygens (including phenoxy) is 2. The van der Waals surface area contributed by atoms with Gasteiger partial charge in [-0.05, 0) is 72.9 Å². The van der Waals surface area contributed by atoms with Crippen molar-refractivity contribution in [2.45, 2.75) is 52.6 Å². The van der Waals surface area contributed by atoms with Crippen LogP contribution in [0.5, 0.6) is 11.5 Å². The molecule has 3 aromatic rings. The zero-order valence-electron chi connectivity index (χ0n) is 25.0. The first-order valence-corrected chi connectivity index (χ1v) is 14.0. The second-order valence-electron chi connectivity index (χ2n) is 11.4. The molecule has 216 valence electrons. The Morgan fingerprint density at radius 3 is 2.22 bits per heavy atom. The molecule has 1 aliphatic heterocycles. The van der Waals surface area contributed by atoms with Crippen LogP contribution in [0.1, 0.15) is 62.9 Å². The van der Waals surface area contributed by atoms with Crippen LogP contribution >= 0.6 is 0 Å². The molecular formula is C34H40N2O5. The van der Waals surface area contributed by atoms with Gasteiger partial charge in [-0.2, -0.15) is 0 Å². The molecule has 0 bridgehead atoms. The van der Waals surface area contributed by atoms with Crippen LogP contribution in [0.3, 0.4) is 0 Å². The van der Waals surface area contributed by atoms with E-state index in [2.05, 4.69) is 20.8 Å². The smallest absolute Gasteiger partial charge is 0.295 e. The Hall–Kier alpha value is -4.26. The fourth-order valence-electron chi connectivity index (χ4n) is 5.14. The van der Waals surface area contributed by atoms with Crippen LogP contribution in [0.15, 0.2) is 72.3 Å². The van der Waals surface area contributed by atoms with E-state index in [1.54, 1.807) is 6.07 Å². The topological polar surface area (TPSA) is 79.3 Å². The number of ketones is 1. The van der Waals surface area contributed by atoms with Crippen molar-refractivity contribution < 1.29 is 24.2 Å². The summed E-state index contributed by atoms with van der Waals surface area (Å²) < 4.78 is 11.5. The number of carbonyl (C=O) groups is 2. The first kappa shape index (κ1) is 29.7. The summed E-state index contributed by atoms with van der Waals surface area (Å²) in [6.07, 6.45) is 0. The van der Waals surface area contributed by atoms with E-state index >= 15 is 0 Å². The second kappa shape index (κ2) is 12.1. The lowest BCUT2D eigenvalue weighted by molar-refractivity contribution is -0.140. The van der Waals surface area contributed by atoms with Gasteiger partial charge in [-0.25, -0.2) is 0 Å². The van der Waals surface area contributed by atoms with Crippen LogP contribution in [-0.4, -0.2) is 49.0 Å². The van der Waals surface area contributed by atoms with Gasteiger partial charge in [-0.1, -0.05) is 45.0 Å². The quantitative estimate of drug-likeness (QED) is 0.185. The first-order chi connectivity index (χ1) is 19.5. The van der Waals surface area contributed by atoms with E-state index in [1.807, 2.05) is 93.5 Å². The molecule has 3 aromatic carbocycles. The normalized spacial score (nSPS) is 16.7. The first-order valence-electron chi connectivity index (χ1n) is 14.0. The highest BCUT2D eigenvalue weighted by Crippen LogP contribution is 2.42. The van der Waals surface area contributed by atoms with Gasteiger partial charge in [0, 0.05) is 37.5 Å². The third-order valence-electron chi connectivity index (χ3n) is 7.19. The lowest BCUT2D eigenvalue weighted by atomic mass is 9.84. The number of rotatable bonds is 9. The zero-order chi connectivity index (χ0) is 29.9. The van der Waals surface area contributed by atoms with Gasteiger partial charge >= 0.3 is 0 Å². The second-order valence-corrected chi connectivity index (χ2v) is 11.4. The van der Waals surface area contributed by atoms with Crippen LogP contribution in [0.4, 0.5) is 5.69 Å². The monoisotopic (exact) mass is 556 g/mol. The molecule has 1 atom stereocenters. The van der Waals surface area contributed by atoms with Gasteiger partial charge in [0.25, 0.3) is 11.7 Å². The van der Waals surface area contributed by atoms with E-state index in [0.717, 1.165) is 28.1 Å². The summed E-state index contributed by atoms with van der Waals surface area (Å²) in [7, 11) is 3.90. The van der Waals surface area contributed by atoms with E-state index in [1.165, 1.54) is 4.90 Å². The van der Waals surface area contributed by atoms with Crippen molar-refractivity contribution >= 4 is 23.1 Å². The van der Waals surface area contributed by atoms with Gasteiger partial charge in [0.2, 0.25) is 0 Å². The number of nitrogens with zero attached hydrogens (tertiary/aromatic N) is 2. The molecule has 1 saturated heterocycles. The molecule has 1 fully saturated rings. The summed E-state index contributed by atoms with van der Waals surface area (Å²) in [6, 6.07) is 19.8. The number of Topliss-reactive ketones (excluding diaryl/α,β-unsaturated/α-hetero) is 1. The molecule has 41 heavy (non-hydrogen) atoms. The average Bonchev–Trinajstić information content (AvgIpc) is 3.18. The number of hydrogen-bond acceptors (Lipinski definition) is 6. The minimum absolute atomic E-state index is 0.0672. The molecule has 0 radical (unpaired) electrons.